The minimum Gasteiger partial charge on any atom is -0.340 e. The van der Waals surface area contributed by atoms with Gasteiger partial charge in [0.1, 0.15) is 0 Å². The standard InChI is InChI=1S/C27H28N6O2/c34-25(32-16-14-31(15-17-32)19-22-10-12-28-13-11-22)18-29-27(35)26-30-23-8-4-5-9-24(23)33(26)20-21-6-2-1-3-7-21/h1-13H,14-20H2,(H,29,35). The third-order valence-corrected chi connectivity index (χ3v) is 6.32. The van der Waals surface area contributed by atoms with Crippen LogP contribution < -0.4 is 5.32 Å². The van der Waals surface area contributed by atoms with Gasteiger partial charge >= 0.3 is 0 Å². The lowest BCUT2D eigenvalue weighted by Gasteiger charge is -2.34. The van der Waals surface area contributed by atoms with Crippen LogP contribution in [0.15, 0.2) is 79.1 Å². The van der Waals surface area contributed by atoms with Crippen LogP contribution in [0.5, 0.6) is 0 Å². The van der Waals surface area contributed by atoms with Crippen LogP contribution >= 0.6 is 0 Å². The van der Waals surface area contributed by atoms with E-state index in [1.54, 1.807) is 12.4 Å². The summed E-state index contributed by atoms with van der Waals surface area (Å²) in [7, 11) is 0. The van der Waals surface area contributed by atoms with E-state index in [0.29, 0.717) is 25.5 Å². The molecular formula is C27H28N6O2. The van der Waals surface area contributed by atoms with Crippen molar-refractivity contribution in [1.29, 1.82) is 0 Å². The highest BCUT2D eigenvalue weighted by molar-refractivity contribution is 5.96. The van der Waals surface area contributed by atoms with Crippen molar-refractivity contribution in [2.45, 2.75) is 13.1 Å². The molecule has 2 aromatic heterocycles. The summed E-state index contributed by atoms with van der Waals surface area (Å²) in [6, 6.07) is 21.7. The Bertz CT molecular complexity index is 1300. The first-order chi connectivity index (χ1) is 17.2. The predicted octanol–water partition coefficient (Wildman–Crippen LogP) is 2.55. The van der Waals surface area contributed by atoms with E-state index in [4.69, 9.17) is 0 Å². The lowest BCUT2D eigenvalue weighted by atomic mass is 10.2. The number of amides is 2. The highest BCUT2D eigenvalue weighted by Crippen LogP contribution is 2.18. The quantitative estimate of drug-likeness (QED) is 0.451. The topological polar surface area (TPSA) is 83.4 Å². The molecule has 0 atom stereocenters. The van der Waals surface area contributed by atoms with Gasteiger partial charge in [-0.2, -0.15) is 0 Å². The summed E-state index contributed by atoms with van der Waals surface area (Å²) in [5, 5.41) is 2.80. The third kappa shape index (κ3) is 5.38. The van der Waals surface area contributed by atoms with Gasteiger partial charge in [0, 0.05) is 51.7 Å². The van der Waals surface area contributed by atoms with Gasteiger partial charge < -0.3 is 14.8 Å². The average molecular weight is 469 g/mol. The Labute approximate surface area is 204 Å². The Morgan fingerprint density at radius 1 is 0.800 bits per heavy atom. The first kappa shape index (κ1) is 22.7. The second-order valence-corrected chi connectivity index (χ2v) is 8.69. The van der Waals surface area contributed by atoms with Crippen molar-refractivity contribution in [3.05, 3.63) is 96.1 Å². The maximum absolute atomic E-state index is 13.1. The van der Waals surface area contributed by atoms with E-state index < -0.39 is 0 Å². The molecule has 1 fully saturated rings. The number of imidazole rings is 1. The molecule has 8 nitrogen and oxygen atoms in total. The minimum absolute atomic E-state index is 0.0439. The maximum atomic E-state index is 13.1. The summed E-state index contributed by atoms with van der Waals surface area (Å²) in [5.41, 5.74) is 3.93. The largest absolute Gasteiger partial charge is 0.340 e. The Balaban J connectivity index is 1.20. The Morgan fingerprint density at radius 2 is 1.49 bits per heavy atom. The molecule has 0 unspecified atom stereocenters. The van der Waals surface area contributed by atoms with E-state index >= 15 is 0 Å². The van der Waals surface area contributed by atoms with Gasteiger partial charge in [-0.3, -0.25) is 19.5 Å². The molecule has 5 rings (SSSR count). The maximum Gasteiger partial charge on any atom is 0.287 e. The molecule has 0 saturated carbocycles. The molecule has 1 saturated heterocycles. The fourth-order valence-electron chi connectivity index (χ4n) is 4.42. The SMILES string of the molecule is O=C(NCC(=O)N1CCN(Cc2ccncc2)CC1)c1nc2ccccc2n1Cc1ccccc1. The van der Waals surface area contributed by atoms with Crippen LogP contribution in [0.2, 0.25) is 0 Å². The van der Waals surface area contributed by atoms with Gasteiger partial charge in [-0.25, -0.2) is 4.98 Å². The number of fused-ring (bicyclic) bond motifs is 1. The Kier molecular flexibility index (Phi) is 6.81. The van der Waals surface area contributed by atoms with E-state index in [0.717, 1.165) is 36.2 Å². The monoisotopic (exact) mass is 468 g/mol. The summed E-state index contributed by atoms with van der Waals surface area (Å²) in [6.07, 6.45) is 3.60. The Hall–Kier alpha value is -4.04. The number of nitrogens with one attached hydrogen (secondary N) is 1. The van der Waals surface area contributed by atoms with Crippen LogP contribution in [0.4, 0.5) is 0 Å². The summed E-state index contributed by atoms with van der Waals surface area (Å²) in [4.78, 5) is 38.7. The number of para-hydroxylation sites is 2. The molecule has 178 valence electrons. The molecule has 0 bridgehead atoms. The second kappa shape index (κ2) is 10.5. The van der Waals surface area contributed by atoms with E-state index in [2.05, 4.69) is 20.2 Å². The number of pyridine rings is 1. The average Bonchev–Trinajstić information content (AvgIpc) is 3.27. The van der Waals surface area contributed by atoms with E-state index in [9.17, 15) is 9.59 Å². The lowest BCUT2D eigenvalue weighted by Crippen LogP contribution is -2.51. The molecule has 0 aliphatic carbocycles. The number of aromatic nitrogens is 3. The molecule has 1 N–H and O–H groups in total. The number of hydrogen-bond donors (Lipinski definition) is 1. The van der Waals surface area contributed by atoms with Crippen LogP contribution in [0.3, 0.4) is 0 Å². The van der Waals surface area contributed by atoms with Crippen LogP contribution in [0.25, 0.3) is 11.0 Å². The van der Waals surface area contributed by atoms with Crippen molar-refractivity contribution >= 4 is 22.8 Å². The molecule has 2 amide bonds. The summed E-state index contributed by atoms with van der Waals surface area (Å²) >= 11 is 0. The first-order valence-electron chi connectivity index (χ1n) is 11.8. The lowest BCUT2D eigenvalue weighted by molar-refractivity contribution is -0.131. The molecule has 8 heteroatoms. The molecule has 35 heavy (non-hydrogen) atoms. The molecule has 0 spiro atoms. The number of hydrogen-bond acceptors (Lipinski definition) is 5. The van der Waals surface area contributed by atoms with Gasteiger partial charge in [-0.15, -0.1) is 0 Å². The van der Waals surface area contributed by atoms with Gasteiger partial charge in [0.2, 0.25) is 5.91 Å². The number of carbonyl (C=O) groups is 2. The zero-order valence-corrected chi connectivity index (χ0v) is 19.5. The smallest absolute Gasteiger partial charge is 0.287 e. The summed E-state index contributed by atoms with van der Waals surface area (Å²) < 4.78 is 1.91. The molecule has 0 radical (unpaired) electrons. The van der Waals surface area contributed by atoms with Gasteiger partial charge in [0.25, 0.3) is 5.91 Å². The summed E-state index contributed by atoms with van der Waals surface area (Å²) in [5.74, 6) is -0.112. The number of benzene rings is 2. The van der Waals surface area contributed by atoms with Crippen molar-refractivity contribution in [1.82, 2.24) is 29.7 Å². The van der Waals surface area contributed by atoms with Crippen molar-refractivity contribution in [3.8, 4) is 0 Å². The van der Waals surface area contributed by atoms with Crippen molar-refractivity contribution < 1.29 is 9.59 Å². The second-order valence-electron chi connectivity index (χ2n) is 8.69. The van der Waals surface area contributed by atoms with Gasteiger partial charge in [-0.1, -0.05) is 42.5 Å². The fraction of sp³-hybridized carbons (Fsp3) is 0.259. The van der Waals surface area contributed by atoms with E-state index in [-0.39, 0.29) is 18.4 Å². The van der Waals surface area contributed by atoms with E-state index in [1.165, 1.54) is 5.56 Å². The number of nitrogens with zero attached hydrogens (tertiary/aromatic N) is 5. The van der Waals surface area contributed by atoms with Crippen LogP contribution in [-0.2, 0) is 17.9 Å². The predicted molar refractivity (Wildman–Crippen MR) is 134 cm³/mol. The Morgan fingerprint density at radius 3 is 2.26 bits per heavy atom. The molecule has 1 aliphatic heterocycles. The van der Waals surface area contributed by atoms with Gasteiger partial charge in [-0.05, 0) is 35.4 Å². The van der Waals surface area contributed by atoms with Crippen molar-refractivity contribution in [3.63, 3.8) is 0 Å². The molecule has 3 heterocycles. The molecule has 1 aliphatic rings. The summed E-state index contributed by atoms with van der Waals surface area (Å²) in [6.45, 7) is 4.22. The van der Waals surface area contributed by atoms with E-state index in [1.807, 2.05) is 76.2 Å². The van der Waals surface area contributed by atoms with Crippen molar-refractivity contribution in [2.75, 3.05) is 32.7 Å². The fourth-order valence-corrected chi connectivity index (χ4v) is 4.42. The van der Waals surface area contributed by atoms with Crippen molar-refractivity contribution in [2.24, 2.45) is 0 Å². The molecular weight excluding hydrogens is 440 g/mol. The van der Waals surface area contributed by atoms with Gasteiger partial charge in [0.15, 0.2) is 5.82 Å². The minimum atomic E-state index is -0.346. The molecule has 2 aromatic carbocycles. The van der Waals surface area contributed by atoms with Gasteiger partial charge in [0.05, 0.1) is 17.6 Å². The zero-order valence-electron chi connectivity index (χ0n) is 19.5. The first-order valence-corrected chi connectivity index (χ1v) is 11.8. The number of carbonyl (C=O) groups excluding carboxylic acids is 2. The van der Waals surface area contributed by atoms with Crippen LogP contribution in [0.1, 0.15) is 21.7 Å². The number of piperazine rings is 1. The third-order valence-electron chi connectivity index (χ3n) is 6.32. The zero-order chi connectivity index (χ0) is 24.0. The van der Waals surface area contributed by atoms with Crippen LogP contribution in [-0.4, -0.2) is 68.9 Å². The highest BCUT2D eigenvalue weighted by Gasteiger charge is 2.23. The number of rotatable bonds is 7. The molecule has 4 aromatic rings. The normalized spacial score (nSPS) is 14.2. The van der Waals surface area contributed by atoms with Crippen LogP contribution in [0, 0.1) is 0 Å². The highest BCUT2D eigenvalue weighted by atomic mass is 16.2.